The summed E-state index contributed by atoms with van der Waals surface area (Å²) in [6.07, 6.45) is 0. The zero-order valence-corrected chi connectivity index (χ0v) is 10.9. The van der Waals surface area contributed by atoms with Crippen LogP contribution in [0.1, 0.15) is 22.5 Å². The molecule has 1 heterocycles. The molecule has 18 heavy (non-hydrogen) atoms. The van der Waals surface area contributed by atoms with Crippen LogP contribution >= 0.6 is 0 Å². The summed E-state index contributed by atoms with van der Waals surface area (Å²) in [7, 11) is 0. The number of hydrogen-bond donors (Lipinski definition) is 1. The van der Waals surface area contributed by atoms with Crippen molar-refractivity contribution in [3.05, 3.63) is 58.7 Å². The van der Waals surface area contributed by atoms with E-state index in [9.17, 15) is 4.39 Å². The molecular formula is C15H17FN2. The van der Waals surface area contributed by atoms with Gasteiger partial charge in [0.15, 0.2) is 0 Å². The number of hydrogen-bond acceptors (Lipinski definition) is 2. The molecule has 0 saturated heterocycles. The van der Waals surface area contributed by atoms with Crippen LogP contribution in [-0.4, -0.2) is 4.98 Å². The Hall–Kier alpha value is -1.90. The molecule has 0 aliphatic carbocycles. The first kappa shape index (κ1) is 12.6. The van der Waals surface area contributed by atoms with Gasteiger partial charge >= 0.3 is 0 Å². The van der Waals surface area contributed by atoms with Crippen LogP contribution in [-0.2, 0) is 6.54 Å². The Bertz CT molecular complexity index is 564. The molecular weight excluding hydrogens is 227 g/mol. The molecule has 0 unspecified atom stereocenters. The largest absolute Gasteiger partial charge is 0.380 e. The maximum atomic E-state index is 13.1. The van der Waals surface area contributed by atoms with Gasteiger partial charge in [0.2, 0.25) is 0 Å². The van der Waals surface area contributed by atoms with Gasteiger partial charge in [0.1, 0.15) is 5.82 Å². The number of anilines is 1. The van der Waals surface area contributed by atoms with E-state index in [1.54, 1.807) is 13.0 Å². The van der Waals surface area contributed by atoms with E-state index in [1.807, 2.05) is 32.0 Å². The molecule has 0 aliphatic rings. The summed E-state index contributed by atoms with van der Waals surface area (Å²) in [5.74, 6) is -0.160. The van der Waals surface area contributed by atoms with Crippen LogP contribution in [0.2, 0.25) is 0 Å². The fraction of sp³-hybridized carbons (Fsp3) is 0.267. The molecule has 94 valence electrons. The number of benzene rings is 1. The standard InChI is InChI=1S/C15H17FN2/c1-10-8-13(5-6-14(10)16)9-17-15-7-4-11(2)18-12(15)3/h4-8,17H,9H2,1-3H3. The van der Waals surface area contributed by atoms with E-state index in [0.717, 1.165) is 22.6 Å². The van der Waals surface area contributed by atoms with Crippen molar-refractivity contribution < 1.29 is 4.39 Å². The predicted octanol–water partition coefficient (Wildman–Crippen LogP) is 3.76. The summed E-state index contributed by atoms with van der Waals surface area (Å²) in [5.41, 5.74) is 4.74. The Labute approximate surface area is 107 Å². The smallest absolute Gasteiger partial charge is 0.126 e. The van der Waals surface area contributed by atoms with Crippen LogP contribution in [0, 0.1) is 26.6 Å². The van der Waals surface area contributed by atoms with Gasteiger partial charge in [0.05, 0.1) is 11.4 Å². The maximum Gasteiger partial charge on any atom is 0.126 e. The molecule has 0 spiro atoms. The lowest BCUT2D eigenvalue weighted by Gasteiger charge is -2.10. The fourth-order valence-electron chi connectivity index (χ4n) is 1.89. The molecule has 0 atom stereocenters. The van der Waals surface area contributed by atoms with Crippen LogP contribution in [0.3, 0.4) is 0 Å². The molecule has 1 aromatic heterocycles. The molecule has 0 bridgehead atoms. The summed E-state index contributed by atoms with van der Waals surface area (Å²) >= 11 is 0. The van der Waals surface area contributed by atoms with Gasteiger partial charge in [-0.15, -0.1) is 0 Å². The van der Waals surface area contributed by atoms with Crippen molar-refractivity contribution in [1.29, 1.82) is 0 Å². The van der Waals surface area contributed by atoms with Crippen molar-refractivity contribution in [1.82, 2.24) is 4.98 Å². The first-order valence-electron chi connectivity index (χ1n) is 5.99. The van der Waals surface area contributed by atoms with E-state index < -0.39 is 0 Å². The second-order valence-electron chi connectivity index (χ2n) is 4.52. The summed E-state index contributed by atoms with van der Waals surface area (Å²) in [6.45, 7) is 6.40. The Morgan fingerprint density at radius 1 is 1.11 bits per heavy atom. The third kappa shape index (κ3) is 2.86. The Morgan fingerprint density at radius 3 is 2.56 bits per heavy atom. The zero-order valence-electron chi connectivity index (χ0n) is 10.9. The van der Waals surface area contributed by atoms with Crippen LogP contribution < -0.4 is 5.32 Å². The average molecular weight is 244 g/mol. The second kappa shape index (κ2) is 5.17. The Balaban J connectivity index is 2.09. The first-order chi connectivity index (χ1) is 8.56. The molecule has 0 radical (unpaired) electrons. The molecule has 1 N–H and O–H groups in total. The summed E-state index contributed by atoms with van der Waals surface area (Å²) in [4.78, 5) is 4.40. The number of rotatable bonds is 3. The minimum absolute atomic E-state index is 0.160. The van der Waals surface area contributed by atoms with Crippen molar-refractivity contribution in [2.75, 3.05) is 5.32 Å². The molecule has 3 heteroatoms. The van der Waals surface area contributed by atoms with E-state index in [0.29, 0.717) is 12.1 Å². The molecule has 1 aromatic carbocycles. The monoisotopic (exact) mass is 244 g/mol. The van der Waals surface area contributed by atoms with Crippen LogP contribution in [0.5, 0.6) is 0 Å². The van der Waals surface area contributed by atoms with Gasteiger partial charge in [-0.3, -0.25) is 4.98 Å². The molecule has 0 fully saturated rings. The quantitative estimate of drug-likeness (QED) is 0.889. The number of aryl methyl sites for hydroxylation is 3. The summed E-state index contributed by atoms with van der Waals surface area (Å²) in [6, 6.07) is 9.16. The lowest BCUT2D eigenvalue weighted by molar-refractivity contribution is 0.617. The molecule has 2 nitrogen and oxygen atoms in total. The highest BCUT2D eigenvalue weighted by atomic mass is 19.1. The van der Waals surface area contributed by atoms with Gasteiger partial charge in [-0.25, -0.2) is 4.39 Å². The topological polar surface area (TPSA) is 24.9 Å². The van der Waals surface area contributed by atoms with Crippen molar-refractivity contribution in [3.8, 4) is 0 Å². The number of nitrogens with one attached hydrogen (secondary N) is 1. The normalized spacial score (nSPS) is 10.4. The number of aromatic nitrogens is 1. The van der Waals surface area contributed by atoms with Crippen molar-refractivity contribution in [3.63, 3.8) is 0 Å². The zero-order chi connectivity index (χ0) is 13.1. The number of nitrogens with zero attached hydrogens (tertiary/aromatic N) is 1. The highest BCUT2D eigenvalue weighted by Crippen LogP contribution is 2.15. The van der Waals surface area contributed by atoms with Crippen LogP contribution in [0.15, 0.2) is 30.3 Å². The predicted molar refractivity (Wildman–Crippen MR) is 72.2 cm³/mol. The summed E-state index contributed by atoms with van der Waals surface area (Å²) in [5, 5.41) is 3.32. The molecule has 0 saturated carbocycles. The number of pyridine rings is 1. The lowest BCUT2D eigenvalue weighted by Crippen LogP contribution is -2.03. The fourth-order valence-corrected chi connectivity index (χ4v) is 1.89. The van der Waals surface area contributed by atoms with Crippen molar-refractivity contribution in [2.24, 2.45) is 0 Å². The van der Waals surface area contributed by atoms with E-state index in [2.05, 4.69) is 10.3 Å². The molecule has 2 aromatic rings. The highest BCUT2D eigenvalue weighted by Gasteiger charge is 2.02. The third-order valence-corrected chi connectivity index (χ3v) is 2.93. The molecule has 0 amide bonds. The van der Waals surface area contributed by atoms with Gasteiger partial charge in [0, 0.05) is 12.2 Å². The van der Waals surface area contributed by atoms with E-state index >= 15 is 0 Å². The molecule has 0 aliphatic heterocycles. The van der Waals surface area contributed by atoms with Crippen LogP contribution in [0.25, 0.3) is 0 Å². The second-order valence-corrected chi connectivity index (χ2v) is 4.52. The highest BCUT2D eigenvalue weighted by molar-refractivity contribution is 5.48. The van der Waals surface area contributed by atoms with E-state index in [1.165, 1.54) is 6.07 Å². The van der Waals surface area contributed by atoms with Gasteiger partial charge in [-0.2, -0.15) is 0 Å². The average Bonchev–Trinajstić information content (AvgIpc) is 2.32. The summed E-state index contributed by atoms with van der Waals surface area (Å²) < 4.78 is 13.1. The minimum atomic E-state index is -0.160. The molecule has 2 rings (SSSR count). The van der Waals surface area contributed by atoms with E-state index in [4.69, 9.17) is 0 Å². The SMILES string of the molecule is Cc1ccc(NCc2ccc(F)c(C)c2)c(C)n1. The Kier molecular flexibility index (Phi) is 3.60. The van der Waals surface area contributed by atoms with Gasteiger partial charge in [-0.1, -0.05) is 12.1 Å². The van der Waals surface area contributed by atoms with Gasteiger partial charge in [-0.05, 0) is 50.1 Å². The van der Waals surface area contributed by atoms with Gasteiger partial charge in [0.25, 0.3) is 0 Å². The van der Waals surface area contributed by atoms with E-state index in [-0.39, 0.29) is 5.82 Å². The maximum absolute atomic E-state index is 13.1. The third-order valence-electron chi connectivity index (χ3n) is 2.93. The first-order valence-corrected chi connectivity index (χ1v) is 5.99. The van der Waals surface area contributed by atoms with Crippen LogP contribution in [0.4, 0.5) is 10.1 Å². The lowest BCUT2D eigenvalue weighted by atomic mass is 10.1. The minimum Gasteiger partial charge on any atom is -0.380 e. The van der Waals surface area contributed by atoms with Crippen molar-refractivity contribution in [2.45, 2.75) is 27.3 Å². The van der Waals surface area contributed by atoms with Crippen molar-refractivity contribution >= 4 is 5.69 Å². The Morgan fingerprint density at radius 2 is 1.89 bits per heavy atom. The number of halogens is 1. The van der Waals surface area contributed by atoms with Gasteiger partial charge < -0.3 is 5.32 Å².